The lowest BCUT2D eigenvalue weighted by molar-refractivity contribution is 0.0968. The van der Waals surface area contributed by atoms with Gasteiger partial charge in [0.05, 0.1) is 17.3 Å². The first kappa shape index (κ1) is 21.2. The number of aromatic nitrogens is 6. The highest BCUT2D eigenvalue weighted by atomic mass is 19.1. The SMILES string of the molecule is O=C(c1ccc(-n2nnc3cccnc32)cc1F)N(c1nccc2cccnc12)[C@@H]1CCCNC1. The molecule has 35 heavy (non-hydrogen) atoms. The smallest absolute Gasteiger partial charge is 0.262 e. The Morgan fingerprint density at radius 2 is 1.94 bits per heavy atom. The first-order chi connectivity index (χ1) is 17.2. The fourth-order valence-corrected chi connectivity index (χ4v) is 4.53. The van der Waals surface area contributed by atoms with Gasteiger partial charge in [-0.1, -0.05) is 11.3 Å². The van der Waals surface area contributed by atoms with Crippen LogP contribution >= 0.6 is 0 Å². The predicted octanol–water partition coefficient (Wildman–Crippen LogP) is 3.30. The molecule has 0 spiro atoms. The highest BCUT2D eigenvalue weighted by molar-refractivity contribution is 6.09. The van der Waals surface area contributed by atoms with E-state index in [0.29, 0.717) is 34.7 Å². The lowest BCUT2D eigenvalue weighted by Gasteiger charge is -2.34. The Bertz CT molecular complexity index is 1540. The van der Waals surface area contributed by atoms with Crippen molar-refractivity contribution in [1.29, 1.82) is 0 Å². The minimum atomic E-state index is -0.658. The molecule has 0 radical (unpaired) electrons. The van der Waals surface area contributed by atoms with Gasteiger partial charge in [-0.2, -0.15) is 4.68 Å². The lowest BCUT2D eigenvalue weighted by atomic mass is 10.0. The number of pyridine rings is 3. The summed E-state index contributed by atoms with van der Waals surface area (Å²) in [6.45, 7) is 1.47. The summed E-state index contributed by atoms with van der Waals surface area (Å²) in [4.78, 5) is 28.7. The van der Waals surface area contributed by atoms with Crippen LogP contribution in [0.25, 0.3) is 27.8 Å². The monoisotopic (exact) mass is 468 g/mol. The lowest BCUT2D eigenvalue weighted by Crippen LogP contribution is -2.49. The Labute approximate surface area is 199 Å². The number of rotatable bonds is 4. The molecule has 0 aliphatic carbocycles. The second kappa shape index (κ2) is 8.80. The molecule has 1 aliphatic rings. The Balaban J connectivity index is 1.43. The molecule has 1 aliphatic heterocycles. The quantitative estimate of drug-likeness (QED) is 0.432. The molecule has 4 aromatic heterocycles. The van der Waals surface area contributed by atoms with Gasteiger partial charge in [-0.3, -0.25) is 14.7 Å². The van der Waals surface area contributed by atoms with Gasteiger partial charge in [0.1, 0.15) is 16.9 Å². The molecular formula is C25H21FN8O. The number of amides is 1. The maximum absolute atomic E-state index is 15.5. The van der Waals surface area contributed by atoms with Gasteiger partial charge in [-0.15, -0.1) is 5.10 Å². The number of carbonyl (C=O) groups excluding carboxylic acids is 1. The van der Waals surface area contributed by atoms with E-state index in [1.807, 2.05) is 18.2 Å². The summed E-state index contributed by atoms with van der Waals surface area (Å²) < 4.78 is 16.9. The normalized spacial score (nSPS) is 16.0. The molecule has 1 fully saturated rings. The van der Waals surface area contributed by atoms with E-state index in [1.54, 1.807) is 41.7 Å². The molecule has 174 valence electrons. The van der Waals surface area contributed by atoms with Gasteiger partial charge >= 0.3 is 0 Å². The Morgan fingerprint density at radius 3 is 2.80 bits per heavy atom. The van der Waals surface area contributed by atoms with Crippen LogP contribution in [0.5, 0.6) is 0 Å². The van der Waals surface area contributed by atoms with E-state index in [-0.39, 0.29) is 11.6 Å². The number of piperidine rings is 1. The van der Waals surface area contributed by atoms with E-state index in [0.717, 1.165) is 24.8 Å². The van der Waals surface area contributed by atoms with E-state index in [1.165, 1.54) is 16.8 Å². The van der Waals surface area contributed by atoms with E-state index >= 15 is 4.39 Å². The van der Waals surface area contributed by atoms with Crippen molar-refractivity contribution >= 4 is 33.8 Å². The van der Waals surface area contributed by atoms with Crippen LogP contribution in [-0.4, -0.2) is 55.0 Å². The van der Waals surface area contributed by atoms with Gasteiger partial charge in [0, 0.05) is 36.6 Å². The predicted molar refractivity (Wildman–Crippen MR) is 129 cm³/mol. The van der Waals surface area contributed by atoms with E-state index in [2.05, 4.69) is 30.6 Å². The van der Waals surface area contributed by atoms with Crippen LogP contribution < -0.4 is 10.2 Å². The fourth-order valence-electron chi connectivity index (χ4n) is 4.53. The van der Waals surface area contributed by atoms with Gasteiger partial charge in [-0.25, -0.2) is 14.4 Å². The van der Waals surface area contributed by atoms with Crippen molar-refractivity contribution in [1.82, 2.24) is 35.3 Å². The number of fused-ring (bicyclic) bond motifs is 2. The van der Waals surface area contributed by atoms with Crippen molar-refractivity contribution in [2.75, 3.05) is 18.0 Å². The fraction of sp³-hybridized carbons (Fsp3) is 0.200. The highest BCUT2D eigenvalue weighted by Gasteiger charge is 2.32. The van der Waals surface area contributed by atoms with Gasteiger partial charge in [0.15, 0.2) is 11.5 Å². The Morgan fingerprint density at radius 1 is 1.06 bits per heavy atom. The van der Waals surface area contributed by atoms with Crippen molar-refractivity contribution in [3.63, 3.8) is 0 Å². The molecule has 5 aromatic rings. The van der Waals surface area contributed by atoms with Crippen LogP contribution in [0.15, 0.2) is 67.1 Å². The average Bonchev–Trinajstić information content (AvgIpc) is 3.34. The third kappa shape index (κ3) is 3.77. The number of anilines is 1. The third-order valence-corrected chi connectivity index (χ3v) is 6.22. The van der Waals surface area contributed by atoms with Crippen molar-refractivity contribution in [3.8, 4) is 5.69 Å². The molecule has 1 saturated heterocycles. The van der Waals surface area contributed by atoms with Gasteiger partial charge in [0.2, 0.25) is 0 Å². The van der Waals surface area contributed by atoms with Crippen LogP contribution in [0.1, 0.15) is 23.2 Å². The van der Waals surface area contributed by atoms with Crippen LogP contribution in [0.3, 0.4) is 0 Å². The average molecular weight is 468 g/mol. The maximum atomic E-state index is 15.5. The number of carbonyl (C=O) groups is 1. The molecule has 5 heterocycles. The topological polar surface area (TPSA) is 102 Å². The first-order valence-electron chi connectivity index (χ1n) is 11.4. The number of benzene rings is 1. The number of halogens is 1. The number of nitrogens with one attached hydrogen (secondary N) is 1. The van der Waals surface area contributed by atoms with Gasteiger partial charge in [0.25, 0.3) is 5.91 Å². The van der Waals surface area contributed by atoms with Crippen molar-refractivity contribution in [3.05, 3.63) is 78.5 Å². The zero-order valence-electron chi connectivity index (χ0n) is 18.7. The molecule has 1 amide bonds. The first-order valence-corrected chi connectivity index (χ1v) is 11.4. The molecular weight excluding hydrogens is 447 g/mol. The largest absolute Gasteiger partial charge is 0.315 e. The molecule has 10 heteroatoms. The minimum absolute atomic E-state index is 0.0496. The molecule has 1 N–H and O–H groups in total. The zero-order valence-corrected chi connectivity index (χ0v) is 18.7. The summed E-state index contributed by atoms with van der Waals surface area (Å²) in [5.74, 6) is -0.694. The molecule has 9 nitrogen and oxygen atoms in total. The third-order valence-electron chi connectivity index (χ3n) is 6.22. The molecule has 6 rings (SSSR count). The van der Waals surface area contributed by atoms with E-state index in [4.69, 9.17) is 0 Å². The summed E-state index contributed by atoms with van der Waals surface area (Å²) in [7, 11) is 0. The van der Waals surface area contributed by atoms with E-state index < -0.39 is 11.7 Å². The van der Waals surface area contributed by atoms with Crippen LogP contribution in [0, 0.1) is 5.82 Å². The molecule has 0 bridgehead atoms. The maximum Gasteiger partial charge on any atom is 0.262 e. The van der Waals surface area contributed by atoms with Gasteiger partial charge in [-0.05, 0) is 55.8 Å². The van der Waals surface area contributed by atoms with Crippen LogP contribution in [-0.2, 0) is 0 Å². The number of hydrogen-bond acceptors (Lipinski definition) is 7. The van der Waals surface area contributed by atoms with Crippen LogP contribution in [0.4, 0.5) is 10.2 Å². The molecule has 0 saturated carbocycles. The highest BCUT2D eigenvalue weighted by Crippen LogP contribution is 2.29. The number of hydrogen-bond donors (Lipinski definition) is 1. The van der Waals surface area contributed by atoms with Crippen molar-refractivity contribution in [2.24, 2.45) is 0 Å². The second-order valence-corrected chi connectivity index (χ2v) is 8.40. The Kier molecular flexibility index (Phi) is 5.34. The Hall–Kier alpha value is -4.31. The summed E-state index contributed by atoms with van der Waals surface area (Å²) in [5.41, 5.74) is 2.08. The zero-order chi connectivity index (χ0) is 23.8. The molecule has 0 unspecified atom stereocenters. The summed E-state index contributed by atoms with van der Waals surface area (Å²) >= 11 is 0. The van der Waals surface area contributed by atoms with Gasteiger partial charge < -0.3 is 5.32 Å². The molecule has 1 atom stereocenters. The standard InChI is InChI=1S/C25H21FN8O/c26-20-14-17(34-23-21(31-32-34)6-3-12-29-23)7-8-19(20)25(35)33(18-5-2-10-27-15-18)24-22-16(9-13-30-24)4-1-11-28-22/h1,3-4,6-9,11-14,18,27H,2,5,10,15H2/t18-/m1/s1. The van der Waals surface area contributed by atoms with Crippen molar-refractivity contribution in [2.45, 2.75) is 18.9 Å². The number of nitrogens with zero attached hydrogens (tertiary/aromatic N) is 7. The summed E-state index contributed by atoms with van der Waals surface area (Å²) in [6, 6.07) is 13.4. The van der Waals surface area contributed by atoms with Crippen molar-refractivity contribution < 1.29 is 9.18 Å². The molecule has 1 aromatic carbocycles. The second-order valence-electron chi connectivity index (χ2n) is 8.40. The van der Waals surface area contributed by atoms with Crippen LogP contribution in [0.2, 0.25) is 0 Å². The summed E-state index contributed by atoms with van der Waals surface area (Å²) in [5, 5.41) is 12.4. The summed E-state index contributed by atoms with van der Waals surface area (Å²) in [6.07, 6.45) is 6.62. The van der Waals surface area contributed by atoms with E-state index in [9.17, 15) is 4.79 Å². The minimum Gasteiger partial charge on any atom is -0.315 e.